The molecule has 1 amide bonds. The maximum absolute atomic E-state index is 12.9. The van der Waals surface area contributed by atoms with Crippen molar-refractivity contribution in [2.24, 2.45) is 0 Å². The van der Waals surface area contributed by atoms with E-state index >= 15 is 0 Å². The molecule has 12 heteroatoms. The lowest BCUT2D eigenvalue weighted by Gasteiger charge is -2.26. The van der Waals surface area contributed by atoms with Crippen molar-refractivity contribution in [2.45, 2.75) is 24.5 Å². The maximum Gasteiger partial charge on any atom is 0.243 e. The summed E-state index contributed by atoms with van der Waals surface area (Å²) in [5, 5.41) is 6.52. The van der Waals surface area contributed by atoms with Crippen molar-refractivity contribution in [3.05, 3.63) is 29.9 Å². The van der Waals surface area contributed by atoms with Gasteiger partial charge in [0.2, 0.25) is 21.8 Å². The maximum atomic E-state index is 12.9. The van der Waals surface area contributed by atoms with Gasteiger partial charge in [0.05, 0.1) is 41.9 Å². The summed E-state index contributed by atoms with van der Waals surface area (Å²) in [6.07, 6.45) is 0. The van der Waals surface area contributed by atoms with Crippen molar-refractivity contribution in [3.63, 3.8) is 0 Å². The zero-order valence-corrected chi connectivity index (χ0v) is 18.4. The van der Waals surface area contributed by atoms with Crippen molar-refractivity contribution in [2.75, 3.05) is 44.0 Å². The molecule has 0 bridgehead atoms. The minimum atomic E-state index is -3.69. The molecule has 1 aromatic carbocycles. The number of benzene rings is 1. The molecule has 30 heavy (non-hydrogen) atoms. The lowest BCUT2D eigenvalue weighted by Crippen LogP contribution is -2.40. The van der Waals surface area contributed by atoms with Gasteiger partial charge in [-0.15, -0.1) is 11.8 Å². The smallest absolute Gasteiger partial charge is 0.243 e. The Morgan fingerprint density at radius 2 is 2.10 bits per heavy atom. The van der Waals surface area contributed by atoms with Crippen molar-refractivity contribution in [3.8, 4) is 5.75 Å². The normalized spacial score (nSPS) is 15.1. The number of nitrogens with one attached hydrogen (secondary N) is 1. The van der Waals surface area contributed by atoms with Crippen LogP contribution in [0.1, 0.15) is 18.6 Å². The van der Waals surface area contributed by atoms with E-state index in [4.69, 9.17) is 14.0 Å². The molecule has 164 valence electrons. The van der Waals surface area contributed by atoms with Crippen LogP contribution in [0.15, 0.2) is 27.6 Å². The average molecular weight is 457 g/mol. The van der Waals surface area contributed by atoms with E-state index in [-0.39, 0.29) is 16.6 Å². The zero-order chi connectivity index (χ0) is 21.6. The second kappa shape index (κ2) is 10.2. The summed E-state index contributed by atoms with van der Waals surface area (Å²) in [6.45, 7) is 5.19. The molecule has 1 aromatic heterocycles. The van der Waals surface area contributed by atoms with Gasteiger partial charge in [0.25, 0.3) is 0 Å². The van der Waals surface area contributed by atoms with Gasteiger partial charge < -0.3 is 19.3 Å². The number of carbonyl (C=O) groups is 1. The quantitative estimate of drug-likeness (QED) is 0.600. The van der Waals surface area contributed by atoms with Gasteiger partial charge in [-0.3, -0.25) is 4.79 Å². The number of sulfonamides is 1. The number of morpholine rings is 1. The molecule has 0 saturated carbocycles. The molecule has 2 heterocycles. The number of rotatable bonds is 9. The molecule has 0 radical (unpaired) electrons. The van der Waals surface area contributed by atoms with E-state index in [9.17, 15) is 13.2 Å². The van der Waals surface area contributed by atoms with Crippen LogP contribution in [0.4, 0.5) is 5.69 Å². The molecule has 1 N–H and O–H groups in total. The average Bonchev–Trinajstić information content (AvgIpc) is 3.15. The fourth-order valence-corrected chi connectivity index (χ4v) is 4.90. The highest BCUT2D eigenvalue weighted by atomic mass is 32.2. The molecule has 10 nitrogen and oxygen atoms in total. The number of hydrogen-bond donors (Lipinski definition) is 1. The number of aromatic nitrogens is 2. The van der Waals surface area contributed by atoms with E-state index in [2.05, 4.69) is 15.5 Å². The van der Waals surface area contributed by atoms with Gasteiger partial charge in [0.1, 0.15) is 5.75 Å². The third kappa shape index (κ3) is 5.72. The molecule has 1 fully saturated rings. The number of ether oxygens (including phenoxy) is 2. The first-order valence-corrected chi connectivity index (χ1v) is 12.0. The predicted octanol–water partition coefficient (Wildman–Crippen LogP) is 1.67. The molecule has 3 rings (SSSR count). The molecule has 0 atom stereocenters. The summed E-state index contributed by atoms with van der Waals surface area (Å²) in [5.41, 5.74) is 0.312. The lowest BCUT2D eigenvalue weighted by atomic mass is 10.3. The molecular formula is C18H24N4O6S2. The first-order chi connectivity index (χ1) is 14.4. The highest BCUT2D eigenvalue weighted by Gasteiger charge is 2.27. The zero-order valence-electron chi connectivity index (χ0n) is 16.8. The number of nitrogens with zero attached hydrogens (tertiary/aromatic N) is 3. The predicted molar refractivity (Wildman–Crippen MR) is 111 cm³/mol. The Morgan fingerprint density at radius 1 is 1.33 bits per heavy atom. The Morgan fingerprint density at radius 3 is 2.77 bits per heavy atom. The highest BCUT2D eigenvalue weighted by molar-refractivity contribution is 7.99. The van der Waals surface area contributed by atoms with E-state index in [1.54, 1.807) is 13.0 Å². The monoisotopic (exact) mass is 456 g/mol. The fourth-order valence-electron chi connectivity index (χ4n) is 2.81. The summed E-state index contributed by atoms with van der Waals surface area (Å²) in [4.78, 5) is 16.6. The first kappa shape index (κ1) is 22.5. The lowest BCUT2D eigenvalue weighted by molar-refractivity contribution is -0.113. The molecular weight excluding hydrogens is 432 g/mol. The SMILES string of the molecule is CCOc1ccc(S(=O)(=O)N2CCOCC2)cc1NC(=O)CSCc1noc(C)n1. The number of hydrogen-bond acceptors (Lipinski definition) is 9. The van der Waals surface area contributed by atoms with Crippen molar-refractivity contribution < 1.29 is 27.2 Å². The van der Waals surface area contributed by atoms with Gasteiger partial charge in [-0.05, 0) is 25.1 Å². The molecule has 0 aliphatic carbocycles. The standard InChI is InChI=1S/C18H24N4O6S2/c1-3-27-16-5-4-14(30(24,25)22-6-8-26-9-7-22)10-15(16)20-18(23)12-29-11-17-19-13(2)28-21-17/h4-5,10H,3,6-9,11-12H2,1-2H3,(H,20,23). The van der Waals surface area contributed by atoms with Gasteiger partial charge in [0, 0.05) is 20.0 Å². The van der Waals surface area contributed by atoms with E-state index in [0.717, 1.165) is 0 Å². The van der Waals surface area contributed by atoms with Crippen LogP contribution >= 0.6 is 11.8 Å². The van der Waals surface area contributed by atoms with Gasteiger partial charge in [-0.1, -0.05) is 5.16 Å². The van der Waals surface area contributed by atoms with Crippen LogP contribution in [-0.4, -0.2) is 67.4 Å². The second-order valence-corrected chi connectivity index (χ2v) is 9.30. The summed E-state index contributed by atoms with van der Waals surface area (Å²) >= 11 is 1.32. The summed E-state index contributed by atoms with van der Waals surface area (Å²) in [5.74, 6) is 1.66. The minimum Gasteiger partial charge on any atom is -0.492 e. The Hall–Kier alpha value is -2.15. The Bertz CT molecular complexity index is 973. The summed E-state index contributed by atoms with van der Waals surface area (Å²) in [7, 11) is -3.69. The highest BCUT2D eigenvalue weighted by Crippen LogP contribution is 2.30. The van der Waals surface area contributed by atoms with Crippen LogP contribution in [0.3, 0.4) is 0 Å². The summed E-state index contributed by atoms with van der Waals surface area (Å²) in [6, 6.07) is 4.47. The van der Waals surface area contributed by atoms with Crippen molar-refractivity contribution in [1.82, 2.24) is 14.4 Å². The van der Waals surface area contributed by atoms with Crippen LogP contribution in [0.5, 0.6) is 5.75 Å². The third-order valence-electron chi connectivity index (χ3n) is 4.17. The van der Waals surface area contributed by atoms with E-state index in [1.807, 2.05) is 6.92 Å². The molecule has 0 spiro atoms. The number of thioether (sulfide) groups is 1. The third-order valence-corrected chi connectivity index (χ3v) is 6.99. The van der Waals surface area contributed by atoms with E-state index < -0.39 is 10.0 Å². The van der Waals surface area contributed by atoms with Crippen molar-refractivity contribution >= 4 is 33.4 Å². The Balaban J connectivity index is 1.69. The minimum absolute atomic E-state index is 0.0954. The Kier molecular flexibility index (Phi) is 7.69. The van der Waals surface area contributed by atoms with Crippen LogP contribution < -0.4 is 10.1 Å². The topological polar surface area (TPSA) is 124 Å². The van der Waals surface area contributed by atoms with Crippen molar-refractivity contribution in [1.29, 1.82) is 0 Å². The first-order valence-electron chi connectivity index (χ1n) is 9.41. The summed E-state index contributed by atoms with van der Waals surface area (Å²) < 4.78 is 42.9. The van der Waals surface area contributed by atoms with E-state index in [1.165, 1.54) is 28.2 Å². The number of carbonyl (C=O) groups excluding carboxylic acids is 1. The number of amides is 1. The van der Waals surface area contributed by atoms with Gasteiger partial charge in [-0.2, -0.15) is 9.29 Å². The molecule has 1 saturated heterocycles. The van der Waals surface area contributed by atoms with Crippen LogP contribution in [0.2, 0.25) is 0 Å². The van der Waals surface area contributed by atoms with Gasteiger partial charge >= 0.3 is 0 Å². The van der Waals surface area contributed by atoms with Crippen LogP contribution in [-0.2, 0) is 25.3 Å². The number of anilines is 1. The molecule has 1 aliphatic heterocycles. The second-order valence-electron chi connectivity index (χ2n) is 6.38. The van der Waals surface area contributed by atoms with Gasteiger partial charge in [-0.25, -0.2) is 8.42 Å². The number of aryl methyl sites for hydroxylation is 1. The van der Waals surface area contributed by atoms with E-state index in [0.29, 0.717) is 61.8 Å². The molecule has 1 aliphatic rings. The fraction of sp³-hybridized carbons (Fsp3) is 0.500. The van der Waals surface area contributed by atoms with Gasteiger partial charge in [0.15, 0.2) is 5.82 Å². The Labute approximate surface area is 179 Å². The molecule has 0 unspecified atom stereocenters. The molecule has 2 aromatic rings. The largest absolute Gasteiger partial charge is 0.492 e. The van der Waals surface area contributed by atoms with Crippen LogP contribution in [0.25, 0.3) is 0 Å². The van der Waals surface area contributed by atoms with Crippen LogP contribution in [0, 0.1) is 6.92 Å².